The molecule has 0 atom stereocenters. The first-order chi connectivity index (χ1) is 19.5. The third-order valence-electron chi connectivity index (χ3n) is 9.50. The molecular weight excluding hydrogens is 496 g/mol. The van der Waals surface area contributed by atoms with E-state index in [4.69, 9.17) is 5.11 Å². The molecule has 3 aliphatic rings. The minimum atomic E-state index is -0.719. The van der Waals surface area contributed by atoms with E-state index in [1.807, 2.05) is 12.1 Å². The van der Waals surface area contributed by atoms with Gasteiger partial charge in [0, 0.05) is 18.8 Å². The van der Waals surface area contributed by atoms with Gasteiger partial charge in [-0.1, -0.05) is 48.5 Å². The van der Waals surface area contributed by atoms with Crippen LogP contribution in [-0.4, -0.2) is 53.8 Å². The molecule has 0 aromatic heterocycles. The van der Waals surface area contributed by atoms with Crippen LogP contribution in [0.2, 0.25) is 0 Å². The Balaban J connectivity index is 1.25. The standard InChI is InChI=1S/C35H40N2O3/c38-30-14-15-32-28(24-30)8-4-9-31(26-6-2-1-3-7-26)34(32)27-10-12-29(13-11-27)37-20-5-16-35(19-23-37)17-21-36(22-18-35)25-33(39)40/h1-3,6-7,10-15,24,38H,4-5,8-9,16-23,25H2,(H,39,40). The van der Waals surface area contributed by atoms with E-state index in [0.29, 0.717) is 11.2 Å². The number of likely N-dealkylation sites (tertiary alicyclic amines) is 1. The SMILES string of the molecule is O=C(O)CN1CCC2(CCCN(c3ccc(C4=C(c5ccccc5)CCCc5cc(O)ccc54)cc3)CC2)CC1. The number of hydrogen-bond donors (Lipinski definition) is 2. The van der Waals surface area contributed by atoms with E-state index in [2.05, 4.69) is 70.5 Å². The van der Waals surface area contributed by atoms with Crippen molar-refractivity contribution in [2.45, 2.75) is 51.4 Å². The number of piperidine rings is 1. The van der Waals surface area contributed by atoms with E-state index < -0.39 is 5.97 Å². The van der Waals surface area contributed by atoms with Crippen LogP contribution in [0.25, 0.3) is 11.1 Å². The summed E-state index contributed by atoms with van der Waals surface area (Å²) in [7, 11) is 0. The number of carboxylic acid groups (broad SMARTS) is 1. The largest absolute Gasteiger partial charge is 0.508 e. The first-order valence-corrected chi connectivity index (χ1v) is 14.9. The lowest BCUT2D eigenvalue weighted by atomic mass is 9.73. The number of benzene rings is 3. The molecule has 0 bridgehead atoms. The number of aromatic hydroxyl groups is 1. The smallest absolute Gasteiger partial charge is 0.317 e. The van der Waals surface area contributed by atoms with Crippen LogP contribution in [-0.2, 0) is 11.2 Å². The summed E-state index contributed by atoms with van der Waals surface area (Å²) in [6.07, 6.45) is 8.85. The Hall–Kier alpha value is -3.57. The van der Waals surface area contributed by atoms with Gasteiger partial charge in [-0.15, -0.1) is 0 Å². The summed E-state index contributed by atoms with van der Waals surface area (Å²) in [4.78, 5) is 15.8. The van der Waals surface area contributed by atoms with Gasteiger partial charge in [-0.25, -0.2) is 0 Å². The number of rotatable bonds is 5. The van der Waals surface area contributed by atoms with Crippen molar-refractivity contribution >= 4 is 22.8 Å². The highest BCUT2D eigenvalue weighted by Crippen LogP contribution is 2.43. The van der Waals surface area contributed by atoms with Gasteiger partial charge >= 0.3 is 5.97 Å². The van der Waals surface area contributed by atoms with Gasteiger partial charge < -0.3 is 15.1 Å². The summed E-state index contributed by atoms with van der Waals surface area (Å²) in [6, 6.07) is 25.8. The fourth-order valence-electron chi connectivity index (χ4n) is 7.26. The monoisotopic (exact) mass is 536 g/mol. The molecule has 208 valence electrons. The summed E-state index contributed by atoms with van der Waals surface area (Å²) in [5, 5.41) is 19.4. The normalized spacial score (nSPS) is 19.6. The van der Waals surface area contributed by atoms with Crippen LogP contribution in [0.5, 0.6) is 5.75 Å². The Morgan fingerprint density at radius 3 is 2.27 bits per heavy atom. The lowest BCUT2D eigenvalue weighted by molar-refractivity contribution is -0.139. The van der Waals surface area contributed by atoms with E-state index >= 15 is 0 Å². The van der Waals surface area contributed by atoms with Crippen LogP contribution < -0.4 is 4.90 Å². The second-order valence-electron chi connectivity index (χ2n) is 12.0. The molecule has 0 amide bonds. The average Bonchev–Trinajstić information content (AvgIpc) is 3.29. The quantitative estimate of drug-likeness (QED) is 0.374. The molecule has 0 saturated carbocycles. The highest BCUT2D eigenvalue weighted by atomic mass is 16.4. The number of carbonyl (C=O) groups is 1. The number of hydrogen-bond acceptors (Lipinski definition) is 4. The second-order valence-corrected chi connectivity index (χ2v) is 12.0. The van der Waals surface area contributed by atoms with E-state index in [9.17, 15) is 9.90 Å². The number of nitrogens with zero attached hydrogens (tertiary/aromatic N) is 2. The van der Waals surface area contributed by atoms with Crippen LogP contribution in [0.15, 0.2) is 72.8 Å². The molecule has 1 aliphatic carbocycles. The summed E-state index contributed by atoms with van der Waals surface area (Å²) in [6.45, 7) is 4.10. The minimum Gasteiger partial charge on any atom is -0.508 e. The molecule has 5 nitrogen and oxygen atoms in total. The Labute approximate surface area is 237 Å². The summed E-state index contributed by atoms with van der Waals surface area (Å²) >= 11 is 0. The van der Waals surface area contributed by atoms with Crippen molar-refractivity contribution in [3.63, 3.8) is 0 Å². The van der Waals surface area contributed by atoms with Gasteiger partial charge in [-0.2, -0.15) is 0 Å². The lowest BCUT2D eigenvalue weighted by Crippen LogP contribution is -2.42. The number of fused-ring (bicyclic) bond motifs is 1. The maximum Gasteiger partial charge on any atom is 0.317 e. The molecule has 2 heterocycles. The van der Waals surface area contributed by atoms with Crippen molar-refractivity contribution in [1.29, 1.82) is 0 Å². The molecule has 3 aromatic carbocycles. The van der Waals surface area contributed by atoms with Crippen molar-refractivity contribution in [3.05, 3.63) is 95.1 Å². The second kappa shape index (κ2) is 11.5. The number of anilines is 1. The van der Waals surface area contributed by atoms with Gasteiger partial charge in [0.25, 0.3) is 0 Å². The van der Waals surface area contributed by atoms with Gasteiger partial charge in [0.2, 0.25) is 0 Å². The molecule has 3 aromatic rings. The molecule has 40 heavy (non-hydrogen) atoms. The zero-order chi connectivity index (χ0) is 27.5. The Bertz CT molecular complexity index is 1370. The van der Waals surface area contributed by atoms with Crippen molar-refractivity contribution in [1.82, 2.24) is 4.90 Å². The third-order valence-corrected chi connectivity index (χ3v) is 9.50. The minimum absolute atomic E-state index is 0.169. The fraction of sp³-hybridized carbons (Fsp3) is 0.400. The summed E-state index contributed by atoms with van der Waals surface area (Å²) in [5.41, 5.74) is 9.25. The third kappa shape index (κ3) is 5.66. The van der Waals surface area contributed by atoms with Gasteiger partial charge in [0.05, 0.1) is 6.54 Å². The van der Waals surface area contributed by atoms with Crippen molar-refractivity contribution in [2.24, 2.45) is 5.41 Å². The molecule has 2 saturated heterocycles. The zero-order valence-electron chi connectivity index (χ0n) is 23.3. The van der Waals surface area contributed by atoms with Crippen molar-refractivity contribution in [3.8, 4) is 5.75 Å². The molecule has 2 fully saturated rings. The van der Waals surface area contributed by atoms with Crippen LogP contribution >= 0.6 is 0 Å². The van der Waals surface area contributed by atoms with Gasteiger partial charge in [0.15, 0.2) is 0 Å². The molecule has 5 heteroatoms. The Kier molecular flexibility index (Phi) is 7.66. The zero-order valence-corrected chi connectivity index (χ0v) is 23.3. The average molecular weight is 537 g/mol. The van der Waals surface area contributed by atoms with Gasteiger partial charge in [-0.3, -0.25) is 9.69 Å². The highest BCUT2D eigenvalue weighted by Gasteiger charge is 2.36. The number of allylic oxidation sites excluding steroid dienone is 1. The predicted molar refractivity (Wildman–Crippen MR) is 162 cm³/mol. The van der Waals surface area contributed by atoms with Gasteiger partial charge in [0.1, 0.15) is 5.75 Å². The summed E-state index contributed by atoms with van der Waals surface area (Å²) in [5.74, 6) is -0.383. The number of phenolic OH excluding ortho intramolecular Hbond substituents is 1. The molecular formula is C35H40N2O3. The molecule has 0 unspecified atom stereocenters. The van der Waals surface area contributed by atoms with E-state index in [0.717, 1.165) is 58.3 Å². The van der Waals surface area contributed by atoms with Crippen molar-refractivity contribution in [2.75, 3.05) is 37.6 Å². The maximum atomic E-state index is 11.1. The van der Waals surface area contributed by atoms with Crippen LogP contribution in [0.4, 0.5) is 5.69 Å². The van der Waals surface area contributed by atoms with E-state index in [1.54, 1.807) is 0 Å². The predicted octanol–water partition coefficient (Wildman–Crippen LogP) is 6.84. The van der Waals surface area contributed by atoms with Gasteiger partial charge in [-0.05, 0) is 128 Å². The molecule has 2 N–H and O–H groups in total. The number of phenols is 1. The topological polar surface area (TPSA) is 64.0 Å². The summed E-state index contributed by atoms with van der Waals surface area (Å²) < 4.78 is 0. The fourth-order valence-corrected chi connectivity index (χ4v) is 7.26. The lowest BCUT2D eigenvalue weighted by Gasteiger charge is -2.41. The van der Waals surface area contributed by atoms with Crippen LogP contribution in [0.1, 0.15) is 67.2 Å². The Morgan fingerprint density at radius 1 is 0.775 bits per heavy atom. The van der Waals surface area contributed by atoms with Crippen LogP contribution in [0, 0.1) is 5.41 Å². The molecule has 2 aliphatic heterocycles. The first kappa shape index (κ1) is 26.6. The number of aryl methyl sites for hydroxylation is 1. The molecule has 0 radical (unpaired) electrons. The number of carboxylic acids is 1. The maximum absolute atomic E-state index is 11.1. The van der Waals surface area contributed by atoms with E-state index in [-0.39, 0.29) is 6.54 Å². The van der Waals surface area contributed by atoms with E-state index in [1.165, 1.54) is 58.3 Å². The Morgan fingerprint density at radius 2 is 1.52 bits per heavy atom. The molecule has 6 rings (SSSR count). The van der Waals surface area contributed by atoms with Crippen LogP contribution in [0.3, 0.4) is 0 Å². The van der Waals surface area contributed by atoms with Crippen molar-refractivity contribution < 1.29 is 15.0 Å². The molecule has 1 spiro atoms. The first-order valence-electron chi connectivity index (χ1n) is 14.9. The highest BCUT2D eigenvalue weighted by molar-refractivity contribution is 6.00. The number of aliphatic carboxylic acids is 1.